The van der Waals surface area contributed by atoms with Gasteiger partial charge in [0.05, 0.1) is 13.2 Å². The summed E-state index contributed by atoms with van der Waals surface area (Å²) in [5.41, 5.74) is 3.84. The number of nitrogens with zero attached hydrogens (tertiary/aromatic N) is 1. The largest absolute Gasteiger partial charge is 0.497 e. The van der Waals surface area contributed by atoms with Crippen molar-refractivity contribution >= 4 is 5.78 Å². The van der Waals surface area contributed by atoms with E-state index in [1.54, 1.807) is 14.2 Å². The van der Waals surface area contributed by atoms with Gasteiger partial charge in [0.1, 0.15) is 11.9 Å². The quantitative estimate of drug-likeness (QED) is 0.638. The number of benzene rings is 1. The van der Waals surface area contributed by atoms with Crippen LogP contribution in [0.4, 0.5) is 0 Å². The van der Waals surface area contributed by atoms with Crippen molar-refractivity contribution in [2.45, 2.75) is 58.1 Å². The van der Waals surface area contributed by atoms with Crippen LogP contribution in [0.1, 0.15) is 56.7 Å². The highest BCUT2D eigenvalue weighted by Crippen LogP contribution is 2.37. The van der Waals surface area contributed by atoms with E-state index in [1.165, 1.54) is 30.4 Å². The first-order valence-electron chi connectivity index (χ1n) is 10.2. The third-order valence-electron chi connectivity index (χ3n) is 6.15. The van der Waals surface area contributed by atoms with E-state index in [0.717, 1.165) is 36.8 Å². The molecule has 0 saturated heterocycles. The summed E-state index contributed by atoms with van der Waals surface area (Å²) in [6.07, 6.45) is 7.54. The van der Waals surface area contributed by atoms with Crippen molar-refractivity contribution in [1.29, 1.82) is 0 Å². The van der Waals surface area contributed by atoms with Gasteiger partial charge in [0, 0.05) is 26.6 Å². The molecule has 0 N–H and O–H groups in total. The Labute approximate surface area is 163 Å². The number of hydrogen-bond donors (Lipinski definition) is 0. The number of Topliss-reactive ketones (excluding diaryl/α,β-unsaturated/α-hetero) is 1. The van der Waals surface area contributed by atoms with Crippen molar-refractivity contribution < 1.29 is 14.3 Å². The molecule has 2 atom stereocenters. The molecule has 0 bridgehead atoms. The molecule has 2 unspecified atom stereocenters. The van der Waals surface area contributed by atoms with Gasteiger partial charge in [-0.15, -0.1) is 0 Å². The number of methoxy groups -OCH3 is 2. The lowest BCUT2D eigenvalue weighted by molar-refractivity contribution is -0.127. The summed E-state index contributed by atoms with van der Waals surface area (Å²) in [5.74, 6) is 1.89. The fourth-order valence-corrected chi connectivity index (χ4v) is 4.10. The first-order valence-corrected chi connectivity index (χ1v) is 10.2. The fourth-order valence-electron chi connectivity index (χ4n) is 4.10. The van der Waals surface area contributed by atoms with E-state index in [4.69, 9.17) is 9.47 Å². The number of fused-ring (bicyclic) bond motifs is 1. The maximum atomic E-state index is 12.3. The van der Waals surface area contributed by atoms with Crippen LogP contribution in [0.25, 0.3) is 0 Å². The van der Waals surface area contributed by atoms with Crippen molar-refractivity contribution in [2.24, 2.45) is 5.92 Å². The first-order chi connectivity index (χ1) is 13.0. The smallest absolute Gasteiger partial charge is 0.165 e. The molecule has 1 aliphatic heterocycles. The molecule has 2 aliphatic rings. The molecule has 27 heavy (non-hydrogen) atoms. The molecule has 1 aromatic carbocycles. The summed E-state index contributed by atoms with van der Waals surface area (Å²) < 4.78 is 10.6. The molecule has 3 rings (SSSR count). The van der Waals surface area contributed by atoms with Crippen LogP contribution in [0.15, 0.2) is 29.8 Å². The molecule has 0 radical (unpaired) electrons. The van der Waals surface area contributed by atoms with Crippen molar-refractivity contribution in [3.63, 3.8) is 0 Å². The van der Waals surface area contributed by atoms with Gasteiger partial charge in [0.15, 0.2) is 5.78 Å². The lowest BCUT2D eigenvalue weighted by Crippen LogP contribution is -2.39. The Morgan fingerprint density at radius 1 is 1.33 bits per heavy atom. The van der Waals surface area contributed by atoms with Crippen molar-refractivity contribution in [3.05, 3.63) is 41.0 Å². The maximum absolute atomic E-state index is 12.3. The van der Waals surface area contributed by atoms with Crippen LogP contribution in [-0.2, 0) is 16.0 Å². The maximum Gasteiger partial charge on any atom is 0.165 e. The summed E-state index contributed by atoms with van der Waals surface area (Å²) in [6.45, 7) is 6.11. The van der Waals surface area contributed by atoms with Crippen LogP contribution < -0.4 is 4.74 Å². The van der Waals surface area contributed by atoms with Crippen LogP contribution >= 0.6 is 0 Å². The number of rotatable bonds is 8. The van der Waals surface area contributed by atoms with E-state index in [0.29, 0.717) is 6.42 Å². The molecule has 1 aliphatic carbocycles. The number of ether oxygens (including phenoxy) is 2. The molecule has 1 heterocycles. The SMILES string of the molecule is COc1ccc2c(c1)CCN(CC1CCC1)C2/C=C(/C)CC(=O)C(C)OC. The molecular weight excluding hydrogens is 338 g/mol. The predicted octanol–water partition coefficient (Wildman–Crippen LogP) is 4.33. The third-order valence-corrected chi connectivity index (χ3v) is 6.15. The highest BCUT2D eigenvalue weighted by atomic mass is 16.5. The molecule has 0 amide bonds. The van der Waals surface area contributed by atoms with Gasteiger partial charge in [-0.2, -0.15) is 0 Å². The van der Waals surface area contributed by atoms with Crippen LogP contribution in [0.3, 0.4) is 0 Å². The molecule has 1 fully saturated rings. The van der Waals surface area contributed by atoms with Crippen molar-refractivity contribution in [3.8, 4) is 5.75 Å². The monoisotopic (exact) mass is 371 g/mol. The van der Waals surface area contributed by atoms with E-state index >= 15 is 0 Å². The second kappa shape index (κ2) is 9.03. The third kappa shape index (κ3) is 4.80. The van der Waals surface area contributed by atoms with Gasteiger partial charge in [-0.05, 0) is 62.3 Å². The normalized spacial score (nSPS) is 22.1. The van der Waals surface area contributed by atoms with Crippen LogP contribution in [0.2, 0.25) is 0 Å². The lowest BCUT2D eigenvalue weighted by atomic mass is 9.83. The Hall–Kier alpha value is -1.65. The summed E-state index contributed by atoms with van der Waals surface area (Å²) in [4.78, 5) is 14.9. The average molecular weight is 372 g/mol. The number of ketones is 1. The molecule has 4 nitrogen and oxygen atoms in total. The Bertz CT molecular complexity index is 693. The molecule has 0 spiro atoms. The standard InChI is InChI=1S/C23H33NO3/c1-16(13-23(25)17(2)26-3)12-22-21-9-8-20(27-4)14-19(21)10-11-24(22)15-18-6-5-7-18/h8-9,12,14,17-18,22H,5-7,10-11,13,15H2,1-4H3/b16-12-. The van der Waals surface area contributed by atoms with Crippen LogP contribution in [0.5, 0.6) is 5.75 Å². The van der Waals surface area contributed by atoms with Crippen molar-refractivity contribution in [1.82, 2.24) is 4.90 Å². The second-order valence-electron chi connectivity index (χ2n) is 8.09. The Morgan fingerprint density at radius 2 is 2.11 bits per heavy atom. The van der Waals surface area contributed by atoms with Gasteiger partial charge in [-0.25, -0.2) is 0 Å². The van der Waals surface area contributed by atoms with E-state index < -0.39 is 0 Å². The Morgan fingerprint density at radius 3 is 2.74 bits per heavy atom. The highest BCUT2D eigenvalue weighted by molar-refractivity contribution is 5.84. The van der Waals surface area contributed by atoms with E-state index in [2.05, 4.69) is 36.1 Å². The molecule has 1 saturated carbocycles. The molecule has 4 heteroatoms. The van der Waals surface area contributed by atoms with Crippen molar-refractivity contribution in [2.75, 3.05) is 27.3 Å². The van der Waals surface area contributed by atoms with Gasteiger partial charge in [-0.3, -0.25) is 9.69 Å². The summed E-state index contributed by atoms with van der Waals surface area (Å²) in [6, 6.07) is 6.67. The zero-order valence-corrected chi connectivity index (χ0v) is 17.2. The fraction of sp³-hybridized carbons (Fsp3) is 0.609. The second-order valence-corrected chi connectivity index (χ2v) is 8.09. The predicted molar refractivity (Wildman–Crippen MR) is 108 cm³/mol. The van der Waals surface area contributed by atoms with Crippen LogP contribution in [0, 0.1) is 5.92 Å². The van der Waals surface area contributed by atoms with Gasteiger partial charge in [-0.1, -0.05) is 24.1 Å². The number of allylic oxidation sites excluding steroid dienone is 1. The minimum Gasteiger partial charge on any atom is -0.497 e. The topological polar surface area (TPSA) is 38.8 Å². The molecule has 0 aromatic heterocycles. The zero-order valence-electron chi connectivity index (χ0n) is 17.2. The lowest BCUT2D eigenvalue weighted by Gasteiger charge is -2.40. The van der Waals surface area contributed by atoms with E-state index in [-0.39, 0.29) is 17.9 Å². The Kier molecular flexibility index (Phi) is 6.72. The Balaban J connectivity index is 1.84. The van der Waals surface area contributed by atoms with Gasteiger partial charge in [0.2, 0.25) is 0 Å². The van der Waals surface area contributed by atoms with Gasteiger partial charge >= 0.3 is 0 Å². The zero-order chi connectivity index (χ0) is 19.4. The average Bonchev–Trinajstić information content (AvgIpc) is 2.64. The van der Waals surface area contributed by atoms with E-state index in [9.17, 15) is 4.79 Å². The highest BCUT2D eigenvalue weighted by Gasteiger charge is 2.30. The summed E-state index contributed by atoms with van der Waals surface area (Å²) in [7, 11) is 3.31. The molecule has 1 aromatic rings. The van der Waals surface area contributed by atoms with Crippen LogP contribution in [-0.4, -0.2) is 44.1 Å². The first kappa shape index (κ1) is 20.1. The summed E-state index contributed by atoms with van der Waals surface area (Å²) >= 11 is 0. The number of carbonyl (C=O) groups is 1. The van der Waals surface area contributed by atoms with Gasteiger partial charge < -0.3 is 9.47 Å². The van der Waals surface area contributed by atoms with E-state index in [1.807, 2.05) is 6.92 Å². The summed E-state index contributed by atoms with van der Waals surface area (Å²) in [5, 5.41) is 0. The molecular formula is C23H33NO3. The number of hydrogen-bond acceptors (Lipinski definition) is 4. The minimum absolute atomic E-state index is 0.141. The van der Waals surface area contributed by atoms with Gasteiger partial charge in [0.25, 0.3) is 0 Å². The molecule has 148 valence electrons. The minimum atomic E-state index is -0.345. The number of carbonyl (C=O) groups excluding carboxylic acids is 1.